The van der Waals surface area contributed by atoms with E-state index >= 15 is 0 Å². The summed E-state index contributed by atoms with van der Waals surface area (Å²) in [6.07, 6.45) is 1.25. The summed E-state index contributed by atoms with van der Waals surface area (Å²) in [5, 5.41) is 2.32. The molecule has 0 saturated carbocycles. The average Bonchev–Trinajstić information content (AvgIpc) is 3.36. The zero-order valence-corrected chi connectivity index (χ0v) is 20.7. The monoisotopic (exact) mass is 486 g/mol. The molecule has 3 heterocycles. The van der Waals surface area contributed by atoms with Crippen molar-refractivity contribution in [2.24, 2.45) is 0 Å². The van der Waals surface area contributed by atoms with E-state index in [1.165, 1.54) is 17.4 Å². The second-order valence-electron chi connectivity index (χ2n) is 8.41. The van der Waals surface area contributed by atoms with Crippen LogP contribution in [-0.4, -0.2) is 47.0 Å². The summed E-state index contributed by atoms with van der Waals surface area (Å²) in [5.74, 6) is 1.58. The number of hydrogen-bond donors (Lipinski definition) is 0. The van der Waals surface area contributed by atoms with Crippen LogP contribution in [0.2, 0.25) is 5.02 Å². The van der Waals surface area contributed by atoms with Crippen LogP contribution in [0.5, 0.6) is 0 Å². The first-order valence-corrected chi connectivity index (χ1v) is 12.5. The van der Waals surface area contributed by atoms with Crippen LogP contribution in [0.15, 0.2) is 35.7 Å². The van der Waals surface area contributed by atoms with Crippen LogP contribution in [0.4, 0.5) is 10.2 Å². The van der Waals surface area contributed by atoms with E-state index in [-0.39, 0.29) is 17.6 Å². The van der Waals surface area contributed by atoms with Gasteiger partial charge in [-0.1, -0.05) is 37.6 Å². The van der Waals surface area contributed by atoms with E-state index < -0.39 is 0 Å². The Morgan fingerprint density at radius 1 is 1.15 bits per heavy atom. The Labute approximate surface area is 203 Å². The molecule has 0 bridgehead atoms. The van der Waals surface area contributed by atoms with Gasteiger partial charge in [-0.2, -0.15) is 0 Å². The number of carbonyl (C=O) groups excluding carboxylic acids is 1. The Morgan fingerprint density at radius 2 is 1.91 bits per heavy atom. The average molecular weight is 487 g/mol. The highest BCUT2D eigenvalue weighted by atomic mass is 35.5. The molecule has 0 radical (unpaired) electrons. The number of nitrogens with zero attached hydrogens (tertiary/aromatic N) is 4. The van der Waals surface area contributed by atoms with Gasteiger partial charge in [0.05, 0.1) is 4.88 Å². The molecule has 1 atom stereocenters. The molecule has 1 fully saturated rings. The molecule has 0 N–H and O–H groups in total. The van der Waals surface area contributed by atoms with E-state index in [2.05, 4.69) is 18.7 Å². The molecular weight excluding hydrogens is 459 g/mol. The normalized spacial score (nSPS) is 15.1. The van der Waals surface area contributed by atoms with Gasteiger partial charge in [0.2, 0.25) is 0 Å². The third kappa shape index (κ3) is 5.04. The van der Waals surface area contributed by atoms with E-state index in [4.69, 9.17) is 21.6 Å². The predicted octanol–water partition coefficient (Wildman–Crippen LogP) is 5.71. The number of amides is 1. The quantitative estimate of drug-likeness (QED) is 0.448. The van der Waals surface area contributed by atoms with Gasteiger partial charge in [0.1, 0.15) is 17.5 Å². The Kier molecular flexibility index (Phi) is 7.29. The lowest BCUT2D eigenvalue weighted by atomic mass is 10.0. The van der Waals surface area contributed by atoms with E-state index in [1.807, 2.05) is 29.3 Å². The maximum Gasteiger partial charge on any atom is 0.264 e. The minimum absolute atomic E-state index is 0.0715. The largest absolute Gasteiger partial charge is 0.353 e. The van der Waals surface area contributed by atoms with Crippen molar-refractivity contribution >= 4 is 34.7 Å². The fraction of sp³-hybridized carbons (Fsp3) is 0.400. The number of piperazine rings is 1. The zero-order chi connectivity index (χ0) is 23.5. The van der Waals surface area contributed by atoms with Crippen molar-refractivity contribution in [3.8, 4) is 0 Å². The topological polar surface area (TPSA) is 49.3 Å². The Bertz CT molecular complexity index is 1110. The molecule has 2 aromatic heterocycles. The molecule has 1 saturated heterocycles. The highest BCUT2D eigenvalue weighted by Gasteiger charge is 2.27. The number of aromatic nitrogens is 2. The lowest BCUT2D eigenvalue weighted by molar-refractivity contribution is 0.0751. The van der Waals surface area contributed by atoms with Crippen LogP contribution in [0.3, 0.4) is 0 Å². The van der Waals surface area contributed by atoms with Crippen molar-refractivity contribution in [1.82, 2.24) is 14.9 Å². The summed E-state index contributed by atoms with van der Waals surface area (Å²) < 4.78 is 14.6. The van der Waals surface area contributed by atoms with Crippen molar-refractivity contribution in [3.05, 3.63) is 74.1 Å². The molecule has 5 nitrogen and oxygen atoms in total. The number of thiophene rings is 1. The number of benzene rings is 1. The number of halogens is 2. The highest BCUT2D eigenvalue weighted by molar-refractivity contribution is 7.12. The van der Waals surface area contributed by atoms with Gasteiger partial charge in [0, 0.05) is 60.4 Å². The van der Waals surface area contributed by atoms with Crippen molar-refractivity contribution < 1.29 is 9.18 Å². The summed E-state index contributed by atoms with van der Waals surface area (Å²) in [6.45, 7) is 8.72. The molecule has 4 rings (SSSR count). The van der Waals surface area contributed by atoms with Crippen molar-refractivity contribution in [1.29, 1.82) is 0 Å². The second kappa shape index (κ2) is 10.2. The Balaban J connectivity index is 1.64. The van der Waals surface area contributed by atoms with E-state index in [1.54, 1.807) is 12.1 Å². The summed E-state index contributed by atoms with van der Waals surface area (Å²) >= 11 is 7.80. The van der Waals surface area contributed by atoms with Gasteiger partial charge in [-0.25, -0.2) is 14.4 Å². The molecule has 0 spiro atoms. The molecule has 1 aliphatic heterocycles. The SMILES string of the molecule is CC[C@@H](C)c1nc(C)c(Cc2c(F)cccc2Cl)c(N2CCN(C(=O)c3cccs3)CC2)n1. The smallest absolute Gasteiger partial charge is 0.264 e. The molecule has 33 heavy (non-hydrogen) atoms. The standard InChI is InChI=1S/C25H28ClFN4OS/c1-4-16(2)23-28-17(3)18(15-19-20(26)7-5-8-21(19)27)24(29-23)30-10-12-31(13-11-30)25(32)22-9-6-14-33-22/h5-9,14,16H,4,10-13,15H2,1-3H3/t16-/m1/s1. The van der Waals surface area contributed by atoms with E-state index in [0.717, 1.165) is 34.2 Å². The van der Waals surface area contributed by atoms with Crippen LogP contribution in [0, 0.1) is 12.7 Å². The third-order valence-corrected chi connectivity index (χ3v) is 7.49. The first-order valence-electron chi connectivity index (χ1n) is 11.3. The Morgan fingerprint density at radius 3 is 2.55 bits per heavy atom. The van der Waals surface area contributed by atoms with Gasteiger partial charge in [0.25, 0.3) is 5.91 Å². The van der Waals surface area contributed by atoms with Crippen LogP contribution < -0.4 is 4.90 Å². The third-order valence-electron chi connectivity index (χ3n) is 6.28. The minimum atomic E-state index is -0.329. The lowest BCUT2D eigenvalue weighted by Gasteiger charge is -2.36. The molecule has 1 aliphatic rings. The van der Waals surface area contributed by atoms with Gasteiger partial charge < -0.3 is 9.80 Å². The highest BCUT2D eigenvalue weighted by Crippen LogP contribution is 2.31. The summed E-state index contributed by atoms with van der Waals surface area (Å²) in [7, 11) is 0. The van der Waals surface area contributed by atoms with Crippen LogP contribution in [0.1, 0.15) is 58.5 Å². The number of aryl methyl sites for hydroxylation is 1. The van der Waals surface area contributed by atoms with Crippen molar-refractivity contribution in [2.75, 3.05) is 31.1 Å². The minimum Gasteiger partial charge on any atom is -0.353 e. The van der Waals surface area contributed by atoms with Gasteiger partial charge >= 0.3 is 0 Å². The number of anilines is 1. The number of hydrogen-bond acceptors (Lipinski definition) is 5. The van der Waals surface area contributed by atoms with Crippen LogP contribution in [-0.2, 0) is 6.42 Å². The van der Waals surface area contributed by atoms with Crippen LogP contribution >= 0.6 is 22.9 Å². The van der Waals surface area contributed by atoms with Gasteiger partial charge in [-0.05, 0) is 36.9 Å². The van der Waals surface area contributed by atoms with Gasteiger partial charge in [0.15, 0.2) is 0 Å². The fourth-order valence-corrected chi connectivity index (χ4v) is 4.95. The molecule has 0 unspecified atom stereocenters. The molecule has 3 aromatic rings. The number of rotatable bonds is 6. The number of carbonyl (C=O) groups is 1. The van der Waals surface area contributed by atoms with Crippen molar-refractivity contribution in [3.63, 3.8) is 0 Å². The fourth-order valence-electron chi connectivity index (χ4n) is 4.03. The molecule has 1 amide bonds. The lowest BCUT2D eigenvalue weighted by Crippen LogP contribution is -2.49. The maximum absolute atomic E-state index is 14.6. The molecular formula is C25H28ClFN4OS. The predicted molar refractivity (Wildman–Crippen MR) is 132 cm³/mol. The first-order chi connectivity index (χ1) is 15.9. The van der Waals surface area contributed by atoms with Crippen molar-refractivity contribution in [2.45, 2.75) is 39.5 Å². The molecule has 0 aliphatic carbocycles. The molecule has 1 aromatic carbocycles. The zero-order valence-electron chi connectivity index (χ0n) is 19.1. The van der Waals surface area contributed by atoms with E-state index in [0.29, 0.717) is 43.2 Å². The first kappa shape index (κ1) is 23.6. The Hall–Kier alpha value is -2.51. The molecule has 174 valence electrons. The van der Waals surface area contributed by atoms with Gasteiger partial charge in [-0.15, -0.1) is 11.3 Å². The maximum atomic E-state index is 14.6. The summed E-state index contributed by atoms with van der Waals surface area (Å²) in [4.78, 5) is 27.3. The van der Waals surface area contributed by atoms with E-state index in [9.17, 15) is 9.18 Å². The second-order valence-corrected chi connectivity index (χ2v) is 9.77. The summed E-state index contributed by atoms with van der Waals surface area (Å²) in [5.41, 5.74) is 2.17. The van der Waals surface area contributed by atoms with Gasteiger partial charge in [-0.3, -0.25) is 4.79 Å². The summed E-state index contributed by atoms with van der Waals surface area (Å²) in [6, 6.07) is 8.51. The molecule has 8 heteroatoms. The van der Waals surface area contributed by atoms with Crippen LogP contribution in [0.25, 0.3) is 0 Å².